The Morgan fingerprint density at radius 2 is 1.81 bits per heavy atom. The second-order valence-corrected chi connectivity index (χ2v) is 11.0. The minimum Gasteiger partial charge on any atom is -0.470 e. The predicted molar refractivity (Wildman–Crippen MR) is 163 cm³/mol. The number of nitrogens with zero attached hydrogens (tertiary/aromatic N) is 2. The van der Waals surface area contributed by atoms with Crippen LogP contribution in [0.2, 0.25) is 0 Å². The van der Waals surface area contributed by atoms with Gasteiger partial charge in [0, 0.05) is 28.9 Å². The summed E-state index contributed by atoms with van der Waals surface area (Å²) in [6.45, 7) is 0.249. The van der Waals surface area contributed by atoms with E-state index in [-0.39, 0.29) is 24.3 Å². The summed E-state index contributed by atoms with van der Waals surface area (Å²) >= 11 is 1.57. The van der Waals surface area contributed by atoms with Crippen LogP contribution in [0.3, 0.4) is 0 Å². The van der Waals surface area contributed by atoms with Crippen LogP contribution in [-0.2, 0) is 6.73 Å². The Morgan fingerprint density at radius 1 is 0.953 bits per heavy atom. The monoisotopic (exact) mass is 589 g/mol. The normalized spacial score (nSPS) is 12.3. The largest absolute Gasteiger partial charge is 0.470 e. The van der Waals surface area contributed by atoms with E-state index in [1.165, 1.54) is 18.2 Å². The van der Waals surface area contributed by atoms with Gasteiger partial charge in [0.2, 0.25) is 0 Å². The van der Waals surface area contributed by atoms with Gasteiger partial charge in [-0.2, -0.15) is 11.3 Å². The number of nitrogens with one attached hydrogen (secondary N) is 1. The summed E-state index contributed by atoms with van der Waals surface area (Å²) < 4.78 is 42.7. The fourth-order valence-electron chi connectivity index (χ4n) is 5.78. The molecule has 0 bridgehead atoms. The van der Waals surface area contributed by atoms with E-state index in [0.29, 0.717) is 50.4 Å². The van der Waals surface area contributed by atoms with Crippen molar-refractivity contribution >= 4 is 39.1 Å². The van der Waals surface area contributed by atoms with Gasteiger partial charge in [-0.25, -0.2) is 13.8 Å². The van der Waals surface area contributed by atoms with Crippen molar-refractivity contribution in [2.75, 3.05) is 7.05 Å². The van der Waals surface area contributed by atoms with E-state index in [2.05, 4.69) is 5.32 Å². The number of ether oxygens (including phenoxy) is 1. The van der Waals surface area contributed by atoms with Gasteiger partial charge in [-0.1, -0.05) is 6.07 Å². The van der Waals surface area contributed by atoms with Crippen molar-refractivity contribution in [1.29, 1.82) is 0 Å². The Bertz CT molecular complexity index is 2220. The minimum absolute atomic E-state index is 0.249. The molecule has 0 atom stereocenters. The molecule has 0 saturated heterocycles. The third kappa shape index (κ3) is 3.96. The third-order valence-electron chi connectivity index (χ3n) is 7.84. The second-order valence-electron chi connectivity index (χ2n) is 10.2. The van der Waals surface area contributed by atoms with Crippen LogP contribution in [0, 0.1) is 11.6 Å². The van der Waals surface area contributed by atoms with Crippen LogP contribution >= 0.6 is 11.3 Å². The molecule has 1 aliphatic rings. The molecule has 9 heteroatoms. The Kier molecular flexibility index (Phi) is 5.70. The van der Waals surface area contributed by atoms with Gasteiger partial charge >= 0.3 is 0 Å². The van der Waals surface area contributed by atoms with Crippen LogP contribution < -0.4 is 10.1 Å². The average Bonchev–Trinajstić information content (AvgIpc) is 3.78. The highest BCUT2D eigenvalue weighted by Crippen LogP contribution is 2.44. The molecule has 0 fully saturated rings. The summed E-state index contributed by atoms with van der Waals surface area (Å²) in [5, 5.41) is 7.85. The van der Waals surface area contributed by atoms with E-state index in [4.69, 9.17) is 14.1 Å². The lowest BCUT2D eigenvalue weighted by Gasteiger charge is -2.21. The Hall–Kier alpha value is -5.28. The molecule has 0 radical (unpaired) electrons. The molecule has 6 nitrogen and oxygen atoms in total. The van der Waals surface area contributed by atoms with Crippen molar-refractivity contribution in [3.8, 4) is 50.8 Å². The highest BCUT2D eigenvalue weighted by atomic mass is 32.1. The number of carbonyl (C=O) groups excluding carboxylic acids is 1. The molecule has 43 heavy (non-hydrogen) atoms. The lowest BCUT2D eigenvalue weighted by Crippen LogP contribution is -2.18. The number of hydrogen-bond acceptors (Lipinski definition) is 5. The van der Waals surface area contributed by atoms with Crippen LogP contribution in [0.25, 0.3) is 67.0 Å². The second kappa shape index (κ2) is 9.64. The Labute approximate surface area is 247 Å². The Morgan fingerprint density at radius 3 is 2.60 bits per heavy atom. The molecule has 8 rings (SSSR count). The first-order valence-electron chi connectivity index (χ1n) is 13.5. The quantitative estimate of drug-likeness (QED) is 0.224. The van der Waals surface area contributed by atoms with E-state index < -0.39 is 0 Å². The molecule has 3 aromatic carbocycles. The van der Waals surface area contributed by atoms with Crippen molar-refractivity contribution in [1.82, 2.24) is 14.9 Å². The van der Waals surface area contributed by atoms with Crippen molar-refractivity contribution in [2.45, 2.75) is 6.73 Å². The molecular formula is C34H21F2N3O3S. The number of fused-ring (bicyclic) bond motifs is 6. The molecule has 1 aliphatic heterocycles. The van der Waals surface area contributed by atoms with E-state index in [9.17, 15) is 13.6 Å². The molecule has 0 aliphatic carbocycles. The van der Waals surface area contributed by atoms with E-state index in [1.54, 1.807) is 42.6 Å². The highest BCUT2D eigenvalue weighted by molar-refractivity contribution is 7.08. The minimum atomic E-state index is -0.382. The van der Waals surface area contributed by atoms with Gasteiger partial charge in [-0.15, -0.1) is 0 Å². The summed E-state index contributed by atoms with van der Waals surface area (Å²) in [5.41, 5.74) is 6.80. The molecule has 210 valence electrons. The number of halogens is 2. The van der Waals surface area contributed by atoms with Crippen LogP contribution in [-0.4, -0.2) is 22.5 Å². The lowest BCUT2D eigenvalue weighted by molar-refractivity contribution is 0.0964. The predicted octanol–water partition coefficient (Wildman–Crippen LogP) is 8.50. The lowest BCUT2D eigenvalue weighted by atomic mass is 9.95. The summed E-state index contributed by atoms with van der Waals surface area (Å²) in [7, 11) is 1.56. The number of carbonyl (C=O) groups is 1. The number of aromatic nitrogens is 2. The molecule has 1 N–H and O–H groups in total. The maximum absolute atomic E-state index is 14.7. The molecule has 0 spiro atoms. The van der Waals surface area contributed by atoms with Gasteiger partial charge in [0.25, 0.3) is 5.91 Å². The highest BCUT2D eigenvalue weighted by Gasteiger charge is 2.26. The first kappa shape index (κ1) is 25.4. The molecular weight excluding hydrogens is 568 g/mol. The number of amides is 1. The van der Waals surface area contributed by atoms with Crippen LogP contribution in [0.15, 0.2) is 94.0 Å². The van der Waals surface area contributed by atoms with Crippen LogP contribution in [0.1, 0.15) is 10.4 Å². The number of furan rings is 1. The van der Waals surface area contributed by atoms with E-state index >= 15 is 0 Å². The number of rotatable bonds is 4. The molecule has 0 saturated carbocycles. The third-order valence-corrected chi connectivity index (χ3v) is 8.52. The van der Waals surface area contributed by atoms with Gasteiger partial charge < -0.3 is 19.0 Å². The fourth-order valence-corrected chi connectivity index (χ4v) is 6.44. The topological polar surface area (TPSA) is 69.3 Å². The molecule has 0 unspecified atom stereocenters. The average molecular weight is 590 g/mol. The van der Waals surface area contributed by atoms with Crippen LogP contribution in [0.4, 0.5) is 8.78 Å². The van der Waals surface area contributed by atoms with Crippen molar-refractivity contribution in [3.05, 3.63) is 107 Å². The Balaban J connectivity index is 1.38. The van der Waals surface area contributed by atoms with Gasteiger partial charge in [0.05, 0.1) is 22.5 Å². The molecule has 5 heterocycles. The fraction of sp³-hybridized carbons (Fsp3) is 0.0588. The standard InChI is InChI=1S/C34H21F2N3O3S/c1-37-34(40)31-24-13-22(21(19-11-12-43-16-19)15-30(24)42-33(31)18-5-7-20(35)8-6-18)26-9-10-29-32(38-26)28-14-23-25(36)3-2-4-27(23)39(28)17-41-29/h2-16H,17H2,1H3,(H,37,40). The summed E-state index contributed by atoms with van der Waals surface area (Å²) in [5.74, 6) is -0.0640. The zero-order valence-corrected chi connectivity index (χ0v) is 23.5. The zero-order valence-electron chi connectivity index (χ0n) is 22.7. The molecule has 7 aromatic rings. The number of pyridine rings is 1. The van der Waals surface area contributed by atoms with Crippen molar-refractivity contribution < 1.29 is 22.7 Å². The first-order chi connectivity index (χ1) is 21.0. The van der Waals surface area contributed by atoms with Crippen molar-refractivity contribution in [3.63, 3.8) is 0 Å². The van der Waals surface area contributed by atoms with Gasteiger partial charge in [-0.05, 0) is 94.7 Å². The van der Waals surface area contributed by atoms with Gasteiger partial charge in [0.15, 0.2) is 6.73 Å². The smallest absolute Gasteiger partial charge is 0.255 e. The van der Waals surface area contributed by atoms with E-state index in [1.807, 2.05) is 51.7 Å². The SMILES string of the molecule is CNC(=O)c1c(-c2ccc(F)cc2)oc2cc(-c3ccsc3)c(-c3ccc4c(n3)-c3cc5c(F)cccc5n3CO4)cc12. The maximum atomic E-state index is 14.7. The molecule has 4 aromatic heterocycles. The van der Waals surface area contributed by atoms with Crippen LogP contribution in [0.5, 0.6) is 5.75 Å². The first-order valence-corrected chi connectivity index (χ1v) is 14.5. The summed E-state index contributed by atoms with van der Waals surface area (Å²) in [6, 6.07) is 22.2. The zero-order chi connectivity index (χ0) is 29.2. The maximum Gasteiger partial charge on any atom is 0.255 e. The number of thiophene rings is 1. The summed E-state index contributed by atoms with van der Waals surface area (Å²) in [4.78, 5) is 18.3. The number of benzene rings is 3. The number of hydrogen-bond donors (Lipinski definition) is 1. The van der Waals surface area contributed by atoms with Gasteiger partial charge in [-0.3, -0.25) is 4.79 Å². The van der Waals surface area contributed by atoms with E-state index in [0.717, 1.165) is 27.9 Å². The molecule has 1 amide bonds. The van der Waals surface area contributed by atoms with Gasteiger partial charge in [0.1, 0.15) is 34.4 Å². The van der Waals surface area contributed by atoms with Crippen molar-refractivity contribution in [2.24, 2.45) is 0 Å². The summed E-state index contributed by atoms with van der Waals surface area (Å²) in [6.07, 6.45) is 0.